The molecule has 0 amide bonds. The first-order chi connectivity index (χ1) is 13.3. The van der Waals surface area contributed by atoms with Gasteiger partial charge in [-0.2, -0.15) is 0 Å². The van der Waals surface area contributed by atoms with Crippen LogP contribution in [0.15, 0.2) is 23.8 Å². The van der Waals surface area contributed by atoms with Crippen LogP contribution in [-0.2, 0) is 14.3 Å². The van der Waals surface area contributed by atoms with Gasteiger partial charge < -0.3 is 14.6 Å². The van der Waals surface area contributed by atoms with Gasteiger partial charge in [0, 0.05) is 11.8 Å². The van der Waals surface area contributed by atoms with Crippen LogP contribution < -0.4 is 0 Å². The maximum Gasteiger partial charge on any atom is 0.306 e. The van der Waals surface area contributed by atoms with E-state index in [1.165, 1.54) is 5.57 Å². The van der Waals surface area contributed by atoms with Gasteiger partial charge in [0.25, 0.3) is 0 Å². The lowest BCUT2D eigenvalue weighted by Gasteiger charge is -2.57. The first kappa shape index (κ1) is 19.8. The highest BCUT2D eigenvalue weighted by molar-refractivity contribution is 7.80. The van der Waals surface area contributed by atoms with Crippen molar-refractivity contribution in [2.75, 3.05) is 0 Å². The number of aliphatic hydroxyl groups excluding tert-OH is 1. The Balaban J connectivity index is 1.74. The Hall–Kier alpha value is -1.49. The number of carbonyl (C=O) groups is 2. The summed E-state index contributed by atoms with van der Waals surface area (Å²) in [6, 6.07) is 0. The van der Waals surface area contributed by atoms with Gasteiger partial charge in [0.1, 0.15) is 6.29 Å². The normalized spacial score (nSPS) is 43.9. The molecule has 4 nitrogen and oxygen atoms in total. The van der Waals surface area contributed by atoms with Gasteiger partial charge in [-0.25, -0.2) is 0 Å². The fourth-order valence-electron chi connectivity index (χ4n) is 7.08. The van der Waals surface area contributed by atoms with Crippen molar-refractivity contribution in [3.63, 3.8) is 0 Å². The number of thiocarbonyl (C=S) groups is 1. The zero-order valence-electron chi connectivity index (χ0n) is 16.8. The minimum Gasteiger partial charge on any atom is -0.499 e. The molecule has 0 spiro atoms. The maximum atomic E-state index is 12.6. The molecule has 1 unspecified atom stereocenters. The number of aliphatic hydroxyl groups is 1. The fraction of sp³-hybridized carbons (Fsp3) is 0.696. The molecular weight excluding hydrogens is 372 g/mol. The molecular formula is C23H30O4S. The Bertz CT molecular complexity index is 771. The monoisotopic (exact) mass is 402 g/mol. The van der Waals surface area contributed by atoms with Crippen molar-refractivity contribution in [3.8, 4) is 0 Å². The van der Waals surface area contributed by atoms with E-state index in [9.17, 15) is 14.7 Å². The van der Waals surface area contributed by atoms with Crippen molar-refractivity contribution < 1.29 is 19.4 Å². The minimum atomic E-state index is -1.34. The van der Waals surface area contributed by atoms with Crippen molar-refractivity contribution in [1.82, 2.24) is 0 Å². The molecule has 0 bridgehead atoms. The molecule has 152 valence electrons. The van der Waals surface area contributed by atoms with E-state index < -0.39 is 17.0 Å². The van der Waals surface area contributed by atoms with Crippen LogP contribution in [0.5, 0.6) is 0 Å². The van der Waals surface area contributed by atoms with Gasteiger partial charge in [0.2, 0.25) is 5.05 Å². The lowest BCUT2D eigenvalue weighted by Crippen LogP contribution is -2.60. The van der Waals surface area contributed by atoms with Crippen LogP contribution in [0.2, 0.25) is 0 Å². The SMILES string of the molecule is CCC(=O)OC1(C(O)=S)CC[C@H]2[C@@H]3CCC4=CCC=C[C@]4(C)[C@H]3CC[C@@]21C=O. The lowest BCUT2D eigenvalue weighted by atomic mass is 9.47. The van der Waals surface area contributed by atoms with E-state index >= 15 is 0 Å². The smallest absolute Gasteiger partial charge is 0.306 e. The molecule has 0 heterocycles. The molecule has 0 aromatic carbocycles. The van der Waals surface area contributed by atoms with Crippen molar-refractivity contribution in [3.05, 3.63) is 23.8 Å². The van der Waals surface area contributed by atoms with Crippen LogP contribution in [0.25, 0.3) is 0 Å². The standard InChI is InChI=1S/C23H30O4S/c1-3-19(25)27-23(20(26)28)13-10-18-16-8-7-15-6-4-5-11-21(15,2)17(16)9-12-22(18,23)14-24/h5-6,11,14,16-18H,3-4,7-10,12-13H2,1-2H3,(H,26,28)/t16-,17+,18+,21+,22-,23?/m1/s1. The molecule has 4 aliphatic rings. The van der Waals surface area contributed by atoms with Crippen molar-refractivity contribution in [2.24, 2.45) is 28.6 Å². The summed E-state index contributed by atoms with van der Waals surface area (Å²) in [5.41, 5.74) is -0.650. The Morgan fingerprint density at radius 3 is 2.75 bits per heavy atom. The number of aldehydes is 1. The lowest BCUT2D eigenvalue weighted by molar-refractivity contribution is -0.172. The third-order valence-electron chi connectivity index (χ3n) is 8.43. The summed E-state index contributed by atoms with van der Waals surface area (Å²) < 4.78 is 5.80. The number of fused-ring (bicyclic) bond motifs is 5. The first-order valence-corrected chi connectivity index (χ1v) is 11.0. The van der Waals surface area contributed by atoms with Crippen molar-refractivity contribution in [1.29, 1.82) is 0 Å². The number of rotatable bonds is 4. The zero-order chi connectivity index (χ0) is 20.2. The third kappa shape index (κ3) is 2.44. The van der Waals surface area contributed by atoms with Crippen molar-refractivity contribution >= 4 is 29.5 Å². The highest BCUT2D eigenvalue weighted by Crippen LogP contribution is 2.67. The van der Waals surface area contributed by atoms with E-state index in [-0.39, 0.29) is 22.8 Å². The molecule has 4 aliphatic carbocycles. The van der Waals surface area contributed by atoms with Gasteiger partial charge in [-0.1, -0.05) is 37.6 Å². The zero-order valence-corrected chi connectivity index (χ0v) is 17.6. The molecule has 0 aromatic rings. The summed E-state index contributed by atoms with van der Waals surface area (Å²) in [5, 5.41) is 10.2. The summed E-state index contributed by atoms with van der Waals surface area (Å²) in [5.74, 6) is 0.538. The van der Waals surface area contributed by atoms with E-state index in [0.717, 1.165) is 38.4 Å². The minimum absolute atomic E-state index is 0.0568. The summed E-state index contributed by atoms with van der Waals surface area (Å²) in [7, 11) is 0. The van der Waals surface area contributed by atoms with Crippen molar-refractivity contribution in [2.45, 2.75) is 70.8 Å². The van der Waals surface area contributed by atoms with Crippen LogP contribution in [-0.4, -0.2) is 28.0 Å². The van der Waals surface area contributed by atoms with E-state index in [4.69, 9.17) is 17.0 Å². The fourth-order valence-corrected chi connectivity index (χ4v) is 7.41. The Kier molecular flexibility index (Phi) is 4.80. The van der Waals surface area contributed by atoms with E-state index in [2.05, 4.69) is 25.2 Å². The van der Waals surface area contributed by atoms with E-state index in [1.807, 2.05) is 0 Å². The van der Waals surface area contributed by atoms with E-state index in [0.29, 0.717) is 24.7 Å². The number of esters is 1. The average Bonchev–Trinajstić information content (AvgIpc) is 3.03. The number of carbonyl (C=O) groups excluding carboxylic acids is 2. The summed E-state index contributed by atoms with van der Waals surface area (Å²) in [4.78, 5) is 24.8. The van der Waals surface area contributed by atoms with Gasteiger partial charge >= 0.3 is 5.97 Å². The van der Waals surface area contributed by atoms with Crippen LogP contribution in [0.3, 0.4) is 0 Å². The third-order valence-corrected chi connectivity index (χ3v) is 8.76. The first-order valence-electron chi connectivity index (χ1n) is 10.6. The average molecular weight is 403 g/mol. The summed E-state index contributed by atoms with van der Waals surface area (Å²) >= 11 is 5.20. The molecule has 1 N–H and O–H groups in total. The number of hydrogen-bond donors (Lipinski definition) is 1. The molecule has 6 atom stereocenters. The second-order valence-corrected chi connectivity index (χ2v) is 9.65. The highest BCUT2D eigenvalue weighted by Gasteiger charge is 2.70. The molecule has 0 saturated heterocycles. The molecule has 5 heteroatoms. The van der Waals surface area contributed by atoms with Crippen LogP contribution >= 0.6 is 12.2 Å². The molecule has 28 heavy (non-hydrogen) atoms. The van der Waals surface area contributed by atoms with Crippen LogP contribution in [0, 0.1) is 28.6 Å². The summed E-state index contributed by atoms with van der Waals surface area (Å²) in [6.07, 6.45) is 14.0. The van der Waals surface area contributed by atoms with Gasteiger partial charge in [-0.15, -0.1) is 0 Å². The topological polar surface area (TPSA) is 63.6 Å². The van der Waals surface area contributed by atoms with Gasteiger partial charge in [-0.3, -0.25) is 4.79 Å². The number of ether oxygens (including phenoxy) is 1. The Morgan fingerprint density at radius 1 is 1.32 bits per heavy atom. The predicted octanol–water partition coefficient (Wildman–Crippen LogP) is 4.87. The highest BCUT2D eigenvalue weighted by atomic mass is 32.1. The van der Waals surface area contributed by atoms with Gasteiger partial charge in [-0.05, 0) is 74.9 Å². The second-order valence-electron chi connectivity index (χ2n) is 9.26. The molecule has 0 aliphatic heterocycles. The summed E-state index contributed by atoms with van der Waals surface area (Å²) in [6.45, 7) is 4.06. The largest absolute Gasteiger partial charge is 0.499 e. The molecule has 4 rings (SSSR count). The second kappa shape index (κ2) is 6.79. The quantitative estimate of drug-likeness (QED) is 0.314. The molecule has 3 fully saturated rings. The van der Waals surface area contributed by atoms with E-state index in [1.54, 1.807) is 6.92 Å². The van der Waals surface area contributed by atoms with Crippen LogP contribution in [0.4, 0.5) is 0 Å². The molecule has 0 aromatic heterocycles. The Morgan fingerprint density at radius 2 is 2.07 bits per heavy atom. The van der Waals surface area contributed by atoms with Crippen LogP contribution in [0.1, 0.15) is 65.2 Å². The van der Waals surface area contributed by atoms with Gasteiger partial charge in [0.15, 0.2) is 5.60 Å². The molecule has 3 saturated carbocycles. The number of hydrogen-bond acceptors (Lipinski definition) is 4. The maximum absolute atomic E-state index is 12.6. The van der Waals surface area contributed by atoms with Gasteiger partial charge in [0.05, 0.1) is 5.41 Å². The Labute approximate surface area is 172 Å². The predicted molar refractivity (Wildman–Crippen MR) is 111 cm³/mol. The molecule has 0 radical (unpaired) electrons. The number of allylic oxidation sites excluding steroid dienone is 4.